The van der Waals surface area contributed by atoms with Crippen molar-refractivity contribution in [2.45, 2.75) is 39.1 Å². The van der Waals surface area contributed by atoms with Gasteiger partial charge in [-0.15, -0.1) is 27.9 Å². The second kappa shape index (κ2) is 6.59. The van der Waals surface area contributed by atoms with Gasteiger partial charge >= 0.3 is 0 Å². The molecule has 1 rings (SSSR count). The Labute approximate surface area is 111 Å². The minimum Gasteiger partial charge on any atom is -0.390 e. The topological polar surface area (TPSA) is 49.3 Å². The van der Waals surface area contributed by atoms with Crippen molar-refractivity contribution in [3.05, 3.63) is 17.5 Å². The lowest BCUT2D eigenvalue weighted by Gasteiger charge is -2.11. The number of nitrogens with zero attached hydrogens (tertiary/aromatic N) is 2. The van der Waals surface area contributed by atoms with Crippen LogP contribution in [0.5, 0.6) is 0 Å². The van der Waals surface area contributed by atoms with Crippen LogP contribution in [0.3, 0.4) is 0 Å². The Kier molecular flexibility index (Phi) is 5.73. The number of halogens is 2. The summed E-state index contributed by atoms with van der Waals surface area (Å²) in [5.74, 6) is 0.378. The SMILES string of the molecule is Cc1cc(C)[n+](CC(O)CCl)n1CC(O)CCl. The lowest BCUT2D eigenvalue weighted by atomic mass is 10.3. The minimum atomic E-state index is -0.596. The van der Waals surface area contributed by atoms with Crippen molar-refractivity contribution in [1.29, 1.82) is 0 Å². The van der Waals surface area contributed by atoms with Crippen LogP contribution in [0.2, 0.25) is 0 Å². The van der Waals surface area contributed by atoms with E-state index in [1.165, 1.54) is 0 Å². The molecule has 2 N–H and O–H groups in total. The first-order valence-electron chi connectivity index (χ1n) is 5.54. The van der Waals surface area contributed by atoms with E-state index in [0.29, 0.717) is 13.1 Å². The summed E-state index contributed by atoms with van der Waals surface area (Å²) in [7, 11) is 0. The Morgan fingerprint density at radius 3 is 2.35 bits per heavy atom. The highest BCUT2D eigenvalue weighted by Gasteiger charge is 2.22. The zero-order chi connectivity index (χ0) is 13.0. The molecule has 0 aliphatic heterocycles. The van der Waals surface area contributed by atoms with E-state index in [2.05, 4.69) is 0 Å². The summed E-state index contributed by atoms with van der Waals surface area (Å²) >= 11 is 11.2. The van der Waals surface area contributed by atoms with E-state index in [9.17, 15) is 10.2 Å². The minimum absolute atomic E-state index is 0.189. The maximum atomic E-state index is 9.61. The summed E-state index contributed by atoms with van der Waals surface area (Å²) in [6.45, 7) is 4.74. The van der Waals surface area contributed by atoms with E-state index in [1.807, 2.05) is 29.3 Å². The molecule has 4 nitrogen and oxygen atoms in total. The number of aromatic nitrogens is 2. The van der Waals surface area contributed by atoms with Crippen LogP contribution in [0.15, 0.2) is 6.07 Å². The zero-order valence-electron chi connectivity index (χ0n) is 10.1. The fourth-order valence-electron chi connectivity index (χ4n) is 1.81. The van der Waals surface area contributed by atoms with E-state index in [-0.39, 0.29) is 11.8 Å². The van der Waals surface area contributed by atoms with E-state index < -0.39 is 12.2 Å². The highest BCUT2D eigenvalue weighted by molar-refractivity contribution is 6.18. The molecule has 6 heteroatoms. The molecule has 0 spiro atoms. The van der Waals surface area contributed by atoms with Gasteiger partial charge in [0.05, 0.1) is 23.6 Å². The summed E-state index contributed by atoms with van der Waals surface area (Å²) < 4.78 is 3.83. The predicted molar refractivity (Wildman–Crippen MR) is 67.6 cm³/mol. The van der Waals surface area contributed by atoms with Gasteiger partial charge in [0.25, 0.3) is 0 Å². The van der Waals surface area contributed by atoms with Gasteiger partial charge in [0.1, 0.15) is 12.6 Å². The molecule has 1 aromatic rings. The van der Waals surface area contributed by atoms with Gasteiger partial charge in [-0.3, -0.25) is 0 Å². The Morgan fingerprint density at radius 2 is 1.82 bits per heavy atom. The molecule has 17 heavy (non-hydrogen) atoms. The predicted octanol–water partition coefficient (Wildman–Crippen LogP) is 0.592. The highest BCUT2D eigenvalue weighted by atomic mass is 35.5. The average molecular weight is 282 g/mol. The smallest absolute Gasteiger partial charge is 0.205 e. The van der Waals surface area contributed by atoms with Gasteiger partial charge in [-0.25, -0.2) is 0 Å². The van der Waals surface area contributed by atoms with Crippen LogP contribution < -0.4 is 4.68 Å². The molecule has 98 valence electrons. The van der Waals surface area contributed by atoms with Crippen molar-refractivity contribution in [2.75, 3.05) is 11.8 Å². The van der Waals surface area contributed by atoms with Crippen molar-refractivity contribution in [3.63, 3.8) is 0 Å². The lowest BCUT2D eigenvalue weighted by Crippen LogP contribution is -2.51. The van der Waals surface area contributed by atoms with Crippen molar-refractivity contribution in [1.82, 2.24) is 4.68 Å². The van der Waals surface area contributed by atoms with Crippen LogP contribution in [0.4, 0.5) is 0 Å². The maximum absolute atomic E-state index is 9.61. The van der Waals surface area contributed by atoms with Crippen LogP contribution in [0, 0.1) is 13.8 Å². The van der Waals surface area contributed by atoms with Crippen molar-refractivity contribution < 1.29 is 14.9 Å². The Bertz CT molecular complexity index is 336. The third-order valence-electron chi connectivity index (χ3n) is 2.65. The van der Waals surface area contributed by atoms with E-state index in [4.69, 9.17) is 23.2 Å². The Morgan fingerprint density at radius 1 is 1.24 bits per heavy atom. The van der Waals surface area contributed by atoms with E-state index in [1.54, 1.807) is 0 Å². The van der Waals surface area contributed by atoms with Gasteiger partial charge in [-0.05, 0) is 6.92 Å². The quantitative estimate of drug-likeness (QED) is 0.593. The summed E-state index contributed by atoms with van der Waals surface area (Å²) in [4.78, 5) is 0. The first kappa shape index (κ1) is 14.8. The lowest BCUT2D eigenvalue weighted by molar-refractivity contribution is -0.785. The molecule has 0 radical (unpaired) electrons. The maximum Gasteiger partial charge on any atom is 0.205 e. The third-order valence-corrected chi connectivity index (χ3v) is 3.36. The summed E-state index contributed by atoms with van der Waals surface area (Å²) in [5.41, 5.74) is 2.04. The second-order valence-corrected chi connectivity index (χ2v) is 4.82. The molecule has 0 saturated heterocycles. The molecular formula is C11H19Cl2N2O2+. The largest absolute Gasteiger partial charge is 0.390 e. The molecule has 0 aromatic carbocycles. The van der Waals surface area contributed by atoms with Crippen LogP contribution in [-0.4, -0.2) is 38.9 Å². The van der Waals surface area contributed by atoms with Crippen molar-refractivity contribution in [2.24, 2.45) is 0 Å². The standard InChI is InChI=1S/C11H19Cl2N2O2/c1-8-3-9(2)15(7-11(17)5-13)14(8)6-10(16)4-12/h3,10-11,16-17H,4-7H2,1-2H3/q+1. The molecule has 0 bridgehead atoms. The second-order valence-electron chi connectivity index (χ2n) is 4.21. The average Bonchev–Trinajstić information content (AvgIpc) is 2.55. The number of aliphatic hydroxyl groups excluding tert-OH is 2. The number of hydrogen-bond acceptors (Lipinski definition) is 2. The summed E-state index contributed by atoms with van der Waals surface area (Å²) in [6, 6.07) is 2.00. The van der Waals surface area contributed by atoms with Crippen molar-refractivity contribution in [3.8, 4) is 0 Å². The fraction of sp³-hybridized carbons (Fsp3) is 0.727. The summed E-state index contributed by atoms with van der Waals surface area (Å²) in [5, 5.41) is 19.2. The molecule has 2 unspecified atom stereocenters. The fourth-order valence-corrected chi connectivity index (χ4v) is 2.01. The van der Waals surface area contributed by atoms with Gasteiger partial charge in [0, 0.05) is 13.0 Å². The van der Waals surface area contributed by atoms with Gasteiger partial charge in [-0.2, -0.15) is 4.68 Å². The van der Waals surface area contributed by atoms with Gasteiger partial charge < -0.3 is 10.2 Å². The third kappa shape index (κ3) is 3.85. The first-order valence-corrected chi connectivity index (χ1v) is 6.61. The Hall–Kier alpha value is -0.290. The van der Waals surface area contributed by atoms with Crippen LogP contribution in [0.1, 0.15) is 11.4 Å². The zero-order valence-corrected chi connectivity index (χ0v) is 11.6. The first-order chi connectivity index (χ1) is 7.99. The number of alkyl halides is 2. The molecular weight excluding hydrogens is 263 g/mol. The van der Waals surface area contributed by atoms with E-state index >= 15 is 0 Å². The normalized spacial score (nSPS) is 14.9. The molecule has 0 aliphatic carbocycles. The molecule has 1 heterocycles. The van der Waals surface area contributed by atoms with Gasteiger partial charge in [0.2, 0.25) is 5.69 Å². The number of hydrogen-bond donors (Lipinski definition) is 2. The highest BCUT2D eigenvalue weighted by Crippen LogP contribution is 2.04. The van der Waals surface area contributed by atoms with Crippen LogP contribution in [-0.2, 0) is 13.1 Å². The molecule has 0 amide bonds. The Balaban J connectivity index is 2.93. The molecule has 0 aliphatic rings. The van der Waals surface area contributed by atoms with Crippen molar-refractivity contribution >= 4 is 23.2 Å². The number of aryl methyl sites for hydroxylation is 2. The van der Waals surface area contributed by atoms with Crippen LogP contribution in [0.25, 0.3) is 0 Å². The number of aliphatic hydroxyl groups is 2. The molecule has 1 aromatic heterocycles. The van der Waals surface area contributed by atoms with E-state index in [0.717, 1.165) is 11.4 Å². The van der Waals surface area contributed by atoms with Crippen LogP contribution >= 0.6 is 23.2 Å². The van der Waals surface area contributed by atoms with Gasteiger partial charge in [0.15, 0.2) is 6.54 Å². The number of rotatable bonds is 6. The molecule has 0 saturated carbocycles. The van der Waals surface area contributed by atoms with Gasteiger partial charge in [-0.1, -0.05) is 0 Å². The summed E-state index contributed by atoms with van der Waals surface area (Å²) in [6.07, 6.45) is -1.19. The molecule has 0 fully saturated rings. The monoisotopic (exact) mass is 281 g/mol. The molecule has 2 atom stereocenters.